The fraction of sp³-hybridized carbons (Fsp3) is 0.353. The van der Waals surface area contributed by atoms with Gasteiger partial charge < -0.3 is 23.4 Å². The molecule has 0 fully saturated rings. The largest absolute Gasteiger partial charge is 0.460 e. The summed E-state index contributed by atoms with van der Waals surface area (Å²) in [4.78, 5) is 12.1. The number of aryl methyl sites for hydroxylation is 1. The van der Waals surface area contributed by atoms with E-state index < -0.39 is 11.7 Å². The van der Waals surface area contributed by atoms with Gasteiger partial charge in [0, 0.05) is 29.5 Å². The second-order valence-corrected chi connectivity index (χ2v) is 6.81. The van der Waals surface area contributed by atoms with Crippen molar-refractivity contribution in [3.63, 3.8) is 0 Å². The van der Waals surface area contributed by atoms with Crippen molar-refractivity contribution in [2.75, 3.05) is 0 Å². The number of aliphatic hydroxyl groups excluding tert-OH is 1. The van der Waals surface area contributed by atoms with Crippen molar-refractivity contribution in [2.45, 2.75) is 38.4 Å². The summed E-state index contributed by atoms with van der Waals surface area (Å²) in [7, 11) is 0. The molecule has 0 saturated heterocycles. The number of fused-ring (bicyclic) bond motifs is 2. The lowest BCUT2D eigenvalue weighted by molar-refractivity contribution is -0.137. The molecule has 0 radical (unpaired) electrons. The second kappa shape index (κ2) is 3.23. The Bertz CT molecular complexity index is 1040. The van der Waals surface area contributed by atoms with Crippen molar-refractivity contribution in [1.29, 1.82) is 0 Å². The lowest BCUT2D eigenvalue weighted by Crippen LogP contribution is -2.29. The summed E-state index contributed by atoms with van der Waals surface area (Å²) in [6.07, 6.45) is 0.0368. The van der Waals surface area contributed by atoms with Crippen LogP contribution in [0.25, 0.3) is 11.2 Å². The van der Waals surface area contributed by atoms with Crippen molar-refractivity contribution in [1.82, 2.24) is 0 Å². The number of benzene rings is 1. The van der Waals surface area contributed by atoms with Crippen molar-refractivity contribution < 1.29 is 28.2 Å². The van der Waals surface area contributed by atoms with Crippen molar-refractivity contribution in [3.05, 3.63) is 33.8 Å². The van der Waals surface area contributed by atoms with Gasteiger partial charge in [0.1, 0.15) is 16.8 Å². The molecule has 3 aliphatic heterocycles. The van der Waals surface area contributed by atoms with Gasteiger partial charge in [0.25, 0.3) is 0 Å². The van der Waals surface area contributed by atoms with E-state index in [1.165, 1.54) is 0 Å². The van der Waals surface area contributed by atoms with Crippen LogP contribution >= 0.6 is 0 Å². The summed E-state index contributed by atoms with van der Waals surface area (Å²) in [6.45, 7) is 3.76. The molecule has 2 atom stereocenters. The first-order valence-electron chi connectivity index (χ1n) is 7.58. The lowest BCUT2D eigenvalue weighted by atomic mass is 9.81. The monoisotopic (exact) mass is 312 g/mol. The van der Waals surface area contributed by atoms with Gasteiger partial charge in [0.2, 0.25) is 6.29 Å². The molecule has 0 saturated carbocycles. The van der Waals surface area contributed by atoms with Crippen LogP contribution in [0.4, 0.5) is 0 Å². The molecule has 6 rings (SSSR count). The molecule has 3 aromatic rings. The van der Waals surface area contributed by atoms with E-state index in [2.05, 4.69) is 0 Å². The summed E-state index contributed by atoms with van der Waals surface area (Å²) < 4.78 is 22.5. The maximum Gasteiger partial charge on any atom is 0.325 e. The normalized spacial score (nSPS) is 26.6. The Morgan fingerprint density at radius 1 is 1.22 bits per heavy atom. The van der Waals surface area contributed by atoms with E-state index in [4.69, 9.17) is 18.3 Å². The average molecular weight is 312 g/mol. The second-order valence-electron chi connectivity index (χ2n) is 6.81. The molecule has 3 aliphatic rings. The third-order valence-electron chi connectivity index (χ3n) is 5.47. The van der Waals surface area contributed by atoms with Gasteiger partial charge in [-0.1, -0.05) is 0 Å². The quantitative estimate of drug-likeness (QED) is 0.732. The van der Waals surface area contributed by atoms with Gasteiger partial charge >= 0.3 is 5.97 Å². The maximum absolute atomic E-state index is 12.1. The standard InChI is InChI=1S/C17H12O6/c1-5-10-7(9-13(21-10)11(5)22-15(9)18)3-6-8-4-17(2)14(20-8)12(6)23-16(17)19/h15,18H,3-4H2,1-2H3/t15?,17-/m1/s1. The van der Waals surface area contributed by atoms with E-state index in [0.717, 1.165) is 28.0 Å². The number of carbonyl (C=O) groups excluding carboxylic acids is 1. The zero-order valence-corrected chi connectivity index (χ0v) is 12.5. The van der Waals surface area contributed by atoms with Crippen molar-refractivity contribution >= 4 is 17.1 Å². The topological polar surface area (TPSA) is 82.0 Å². The van der Waals surface area contributed by atoms with Crippen LogP contribution in [-0.2, 0) is 23.1 Å². The highest BCUT2D eigenvalue weighted by Crippen LogP contribution is 2.56. The molecule has 6 heteroatoms. The van der Waals surface area contributed by atoms with Gasteiger partial charge in [-0.25, -0.2) is 0 Å². The number of aliphatic hydroxyl groups is 1. The molecule has 0 spiro atoms. The van der Waals surface area contributed by atoms with Crippen LogP contribution in [0.15, 0.2) is 8.83 Å². The number of furan rings is 3. The van der Waals surface area contributed by atoms with Crippen molar-refractivity contribution in [3.8, 4) is 11.5 Å². The van der Waals surface area contributed by atoms with E-state index in [9.17, 15) is 9.90 Å². The van der Waals surface area contributed by atoms with Gasteiger partial charge in [-0.15, -0.1) is 0 Å². The minimum atomic E-state index is -0.996. The number of carbonyl (C=O) groups is 1. The predicted octanol–water partition coefficient (Wildman–Crippen LogP) is 2.48. The number of hydrogen-bond acceptors (Lipinski definition) is 6. The highest BCUT2D eigenvalue weighted by Gasteiger charge is 2.56. The van der Waals surface area contributed by atoms with Gasteiger partial charge in [-0.2, -0.15) is 0 Å². The van der Waals surface area contributed by atoms with Gasteiger partial charge in [-0.05, 0) is 13.8 Å². The van der Waals surface area contributed by atoms with Crippen LogP contribution in [0.1, 0.15) is 47.0 Å². The summed E-state index contributed by atoms with van der Waals surface area (Å²) >= 11 is 0. The minimum Gasteiger partial charge on any atom is -0.460 e. The first kappa shape index (κ1) is 12.0. The molecule has 116 valence electrons. The van der Waals surface area contributed by atoms with Crippen molar-refractivity contribution in [2.24, 2.45) is 0 Å². The van der Waals surface area contributed by atoms with E-state index in [-0.39, 0.29) is 5.97 Å². The average Bonchev–Trinajstić information content (AvgIpc) is 3.25. The first-order valence-corrected chi connectivity index (χ1v) is 7.58. The molecule has 4 bridgehead atoms. The predicted molar refractivity (Wildman–Crippen MR) is 75.9 cm³/mol. The zero-order chi connectivity index (χ0) is 15.7. The first-order chi connectivity index (χ1) is 11.0. The molecule has 0 aromatic carbocycles. The molecular weight excluding hydrogens is 300 g/mol. The lowest BCUT2D eigenvalue weighted by Gasteiger charge is -2.11. The SMILES string of the molecule is Cc1c2c3oc1c(Cc1c4oc5c1OC(=O)[C@]5(C)C4)c3C(O)O2. The molecular formula is C17H12O6. The zero-order valence-electron chi connectivity index (χ0n) is 12.5. The van der Waals surface area contributed by atoms with Crippen LogP contribution in [0.5, 0.6) is 11.5 Å². The Morgan fingerprint density at radius 3 is 2.87 bits per heavy atom. The maximum atomic E-state index is 12.1. The number of rotatable bonds is 2. The molecule has 0 aliphatic carbocycles. The Labute approximate surface area is 129 Å². The van der Waals surface area contributed by atoms with Crippen LogP contribution in [0, 0.1) is 6.92 Å². The number of esters is 1. The van der Waals surface area contributed by atoms with Crippen LogP contribution in [0.2, 0.25) is 0 Å². The molecule has 23 heavy (non-hydrogen) atoms. The fourth-order valence-corrected chi connectivity index (χ4v) is 4.21. The summed E-state index contributed by atoms with van der Waals surface area (Å²) in [5.74, 6) is 2.36. The molecule has 3 aromatic heterocycles. The van der Waals surface area contributed by atoms with Crippen LogP contribution in [0.3, 0.4) is 0 Å². The third kappa shape index (κ3) is 1.08. The highest BCUT2D eigenvalue weighted by molar-refractivity contribution is 5.92. The van der Waals surface area contributed by atoms with Crippen LogP contribution < -0.4 is 9.47 Å². The highest BCUT2D eigenvalue weighted by atomic mass is 16.6. The Morgan fingerprint density at radius 2 is 2.04 bits per heavy atom. The van der Waals surface area contributed by atoms with E-state index >= 15 is 0 Å². The fourth-order valence-electron chi connectivity index (χ4n) is 4.21. The molecule has 1 unspecified atom stereocenters. The van der Waals surface area contributed by atoms with E-state index in [1.807, 2.05) is 13.8 Å². The molecule has 0 amide bonds. The minimum absolute atomic E-state index is 0.251. The van der Waals surface area contributed by atoms with Crippen LogP contribution in [-0.4, -0.2) is 11.1 Å². The van der Waals surface area contributed by atoms with E-state index in [0.29, 0.717) is 41.2 Å². The molecule has 6 nitrogen and oxygen atoms in total. The molecule has 6 heterocycles. The van der Waals surface area contributed by atoms with Gasteiger partial charge in [0.05, 0.1) is 5.56 Å². The summed E-state index contributed by atoms with van der Waals surface area (Å²) in [6, 6.07) is 0. The van der Waals surface area contributed by atoms with Gasteiger partial charge in [-0.3, -0.25) is 4.79 Å². The molecule has 1 N–H and O–H groups in total. The summed E-state index contributed by atoms with van der Waals surface area (Å²) in [5.41, 5.74) is 4.07. The smallest absolute Gasteiger partial charge is 0.325 e. The van der Waals surface area contributed by atoms with E-state index in [1.54, 1.807) is 0 Å². The number of hydrogen-bond donors (Lipinski definition) is 1. The van der Waals surface area contributed by atoms with Gasteiger partial charge in [0.15, 0.2) is 22.8 Å². The number of ether oxygens (including phenoxy) is 2. The Hall–Kier alpha value is -2.47. The summed E-state index contributed by atoms with van der Waals surface area (Å²) in [5, 5.41) is 10.1. The Kier molecular flexibility index (Phi) is 1.69. The Balaban J connectivity index is 1.53. The third-order valence-corrected chi connectivity index (χ3v) is 5.47.